The molecule has 0 heterocycles. The summed E-state index contributed by atoms with van der Waals surface area (Å²) < 4.78 is 11.3. The quantitative estimate of drug-likeness (QED) is 0.312. The molecule has 0 aliphatic heterocycles. The lowest BCUT2D eigenvalue weighted by atomic mass is 10.2. The lowest BCUT2D eigenvalue weighted by Crippen LogP contribution is -2.20. The fourth-order valence-electron chi connectivity index (χ4n) is 2.98. The molecule has 0 spiro atoms. The third-order valence-electron chi connectivity index (χ3n) is 4.79. The molecule has 3 aromatic carbocycles. The van der Waals surface area contributed by atoms with Crippen LogP contribution in [0.2, 0.25) is 5.02 Å². The molecule has 176 valence electrons. The lowest BCUT2D eigenvalue weighted by Gasteiger charge is -2.11. The number of nitrogens with zero attached hydrogens (tertiary/aromatic N) is 1. The van der Waals surface area contributed by atoms with Crippen molar-refractivity contribution in [1.82, 2.24) is 5.43 Å². The van der Waals surface area contributed by atoms with Gasteiger partial charge in [0.1, 0.15) is 6.61 Å². The number of aryl methyl sites for hydroxylation is 1. The first kappa shape index (κ1) is 24.8. The number of carbonyl (C=O) groups is 2. The second kappa shape index (κ2) is 12.4. The van der Waals surface area contributed by atoms with Crippen LogP contribution < -0.4 is 20.2 Å². The predicted octanol–water partition coefficient (Wildman–Crippen LogP) is 5.11. The van der Waals surface area contributed by atoms with Gasteiger partial charge < -0.3 is 14.8 Å². The van der Waals surface area contributed by atoms with Gasteiger partial charge in [0.15, 0.2) is 11.5 Å². The summed E-state index contributed by atoms with van der Waals surface area (Å²) in [5, 5.41) is 7.17. The average Bonchev–Trinajstić information content (AvgIpc) is 2.83. The fourth-order valence-corrected chi connectivity index (χ4v) is 3.17. The Kier molecular flexibility index (Phi) is 9.05. The number of halogens is 1. The molecule has 0 bridgehead atoms. The topological polar surface area (TPSA) is 89.0 Å². The van der Waals surface area contributed by atoms with E-state index >= 15 is 0 Å². The number of carbonyl (C=O) groups excluding carboxylic acids is 2. The highest BCUT2D eigenvalue weighted by Gasteiger charge is 2.08. The van der Waals surface area contributed by atoms with Gasteiger partial charge in [-0.2, -0.15) is 5.10 Å². The van der Waals surface area contributed by atoms with Crippen molar-refractivity contribution in [2.45, 2.75) is 26.4 Å². The van der Waals surface area contributed by atoms with Crippen molar-refractivity contribution < 1.29 is 19.1 Å². The van der Waals surface area contributed by atoms with E-state index in [1.54, 1.807) is 49.6 Å². The standard InChI is InChI=1S/C26H26ClN3O4/c1-18-6-8-19(9-7-18)17-34-23-11-10-20(14-24(23)33-2)16-28-30-26(32)13-12-25(31)29-22-5-3-4-21(27)15-22/h3-11,14-16H,12-13,17H2,1-2H3,(H,29,31)(H,30,32). The van der Waals surface area contributed by atoms with E-state index in [4.69, 9.17) is 21.1 Å². The van der Waals surface area contributed by atoms with Gasteiger partial charge in [-0.1, -0.05) is 47.5 Å². The van der Waals surface area contributed by atoms with Gasteiger partial charge in [-0.05, 0) is 54.4 Å². The van der Waals surface area contributed by atoms with E-state index in [9.17, 15) is 9.59 Å². The van der Waals surface area contributed by atoms with Crippen LogP contribution in [0.3, 0.4) is 0 Å². The maximum Gasteiger partial charge on any atom is 0.240 e. The van der Waals surface area contributed by atoms with Crippen LogP contribution in [0.5, 0.6) is 11.5 Å². The van der Waals surface area contributed by atoms with Gasteiger partial charge in [0.25, 0.3) is 0 Å². The van der Waals surface area contributed by atoms with E-state index in [2.05, 4.69) is 15.8 Å². The molecule has 0 aromatic heterocycles. The molecular weight excluding hydrogens is 454 g/mol. The number of anilines is 1. The van der Waals surface area contributed by atoms with Gasteiger partial charge >= 0.3 is 0 Å². The van der Waals surface area contributed by atoms with Crippen LogP contribution in [0.1, 0.15) is 29.5 Å². The first-order chi connectivity index (χ1) is 16.4. The summed E-state index contributed by atoms with van der Waals surface area (Å²) in [5.41, 5.74) is 5.97. The Hall–Kier alpha value is -3.84. The molecule has 3 aromatic rings. The molecular formula is C26H26ClN3O4. The SMILES string of the molecule is COc1cc(C=NNC(=O)CCC(=O)Nc2cccc(Cl)c2)ccc1OCc1ccc(C)cc1. The summed E-state index contributed by atoms with van der Waals surface area (Å²) in [5.74, 6) is 0.505. The number of rotatable bonds is 10. The molecule has 8 heteroatoms. The Balaban J connectivity index is 1.46. The Morgan fingerprint density at radius 2 is 1.74 bits per heavy atom. The predicted molar refractivity (Wildman–Crippen MR) is 134 cm³/mol. The number of methoxy groups -OCH3 is 1. The smallest absolute Gasteiger partial charge is 0.240 e. The molecule has 2 N–H and O–H groups in total. The molecule has 0 atom stereocenters. The first-order valence-electron chi connectivity index (χ1n) is 10.7. The summed E-state index contributed by atoms with van der Waals surface area (Å²) in [6.45, 7) is 2.46. The number of hydrogen-bond acceptors (Lipinski definition) is 5. The first-order valence-corrected chi connectivity index (χ1v) is 11.0. The van der Waals surface area contributed by atoms with Crippen molar-refractivity contribution in [3.8, 4) is 11.5 Å². The van der Waals surface area contributed by atoms with Crippen molar-refractivity contribution in [3.05, 3.63) is 88.4 Å². The molecule has 0 aliphatic carbocycles. The lowest BCUT2D eigenvalue weighted by molar-refractivity contribution is -0.124. The highest BCUT2D eigenvalue weighted by atomic mass is 35.5. The summed E-state index contributed by atoms with van der Waals surface area (Å²) >= 11 is 5.89. The third kappa shape index (κ3) is 7.94. The van der Waals surface area contributed by atoms with Gasteiger partial charge in [0.05, 0.1) is 13.3 Å². The van der Waals surface area contributed by atoms with Gasteiger partial charge in [-0.3, -0.25) is 9.59 Å². The van der Waals surface area contributed by atoms with Crippen LogP contribution in [-0.4, -0.2) is 25.1 Å². The van der Waals surface area contributed by atoms with Crippen molar-refractivity contribution in [3.63, 3.8) is 0 Å². The largest absolute Gasteiger partial charge is 0.493 e. The number of amides is 2. The highest BCUT2D eigenvalue weighted by molar-refractivity contribution is 6.30. The summed E-state index contributed by atoms with van der Waals surface area (Å²) in [4.78, 5) is 24.0. The third-order valence-corrected chi connectivity index (χ3v) is 5.03. The molecule has 0 aliphatic rings. The highest BCUT2D eigenvalue weighted by Crippen LogP contribution is 2.28. The Bertz CT molecular complexity index is 1160. The van der Waals surface area contributed by atoms with Crippen LogP contribution in [0, 0.1) is 6.92 Å². The minimum absolute atomic E-state index is 0.00114. The molecule has 2 amide bonds. The monoisotopic (exact) mass is 479 g/mol. The second-order valence-corrected chi connectivity index (χ2v) is 7.97. The maximum absolute atomic E-state index is 12.0. The van der Waals surface area contributed by atoms with E-state index in [0.717, 1.165) is 11.1 Å². The Morgan fingerprint density at radius 1 is 0.971 bits per heavy atom. The van der Waals surface area contributed by atoms with Crippen LogP contribution in [-0.2, 0) is 16.2 Å². The van der Waals surface area contributed by atoms with Crippen molar-refractivity contribution in [2.24, 2.45) is 5.10 Å². The molecule has 0 saturated heterocycles. The van der Waals surface area contributed by atoms with E-state index in [1.807, 2.05) is 31.2 Å². The summed E-state index contributed by atoms with van der Waals surface area (Å²) in [7, 11) is 1.56. The Labute approximate surface area is 203 Å². The van der Waals surface area contributed by atoms with Crippen molar-refractivity contribution in [1.29, 1.82) is 0 Å². The summed E-state index contributed by atoms with van der Waals surface area (Å²) in [6, 6.07) is 20.3. The number of hydrazone groups is 1. The molecule has 0 radical (unpaired) electrons. The minimum atomic E-state index is -0.373. The normalized spacial score (nSPS) is 10.7. The van der Waals surface area contributed by atoms with Gasteiger partial charge in [0, 0.05) is 23.6 Å². The van der Waals surface area contributed by atoms with Crippen molar-refractivity contribution in [2.75, 3.05) is 12.4 Å². The average molecular weight is 480 g/mol. The van der Waals surface area contributed by atoms with E-state index < -0.39 is 0 Å². The van der Waals surface area contributed by atoms with Crippen LogP contribution in [0.4, 0.5) is 5.69 Å². The number of hydrogen-bond donors (Lipinski definition) is 2. The second-order valence-electron chi connectivity index (χ2n) is 7.54. The van der Waals surface area contributed by atoms with Gasteiger partial charge in [-0.25, -0.2) is 5.43 Å². The molecule has 0 fully saturated rings. The summed E-state index contributed by atoms with van der Waals surface area (Å²) in [6.07, 6.45) is 1.52. The zero-order chi connectivity index (χ0) is 24.3. The number of ether oxygens (including phenoxy) is 2. The molecule has 7 nitrogen and oxygen atoms in total. The number of benzene rings is 3. The number of nitrogens with one attached hydrogen (secondary N) is 2. The maximum atomic E-state index is 12.0. The molecule has 0 saturated carbocycles. The molecule has 0 unspecified atom stereocenters. The molecule has 3 rings (SSSR count). The minimum Gasteiger partial charge on any atom is -0.493 e. The van der Waals surface area contributed by atoms with Gasteiger partial charge in [0.2, 0.25) is 11.8 Å². The zero-order valence-corrected chi connectivity index (χ0v) is 19.8. The van der Waals surface area contributed by atoms with Crippen LogP contribution in [0.25, 0.3) is 0 Å². The fraction of sp³-hybridized carbons (Fsp3) is 0.192. The van der Waals surface area contributed by atoms with E-state index in [1.165, 1.54) is 11.8 Å². The van der Waals surface area contributed by atoms with Crippen LogP contribution >= 0.6 is 11.6 Å². The van der Waals surface area contributed by atoms with Gasteiger partial charge in [-0.15, -0.1) is 0 Å². The van der Waals surface area contributed by atoms with Crippen molar-refractivity contribution >= 4 is 35.3 Å². The Morgan fingerprint density at radius 3 is 2.47 bits per heavy atom. The van der Waals surface area contributed by atoms with Crippen LogP contribution in [0.15, 0.2) is 71.8 Å². The van der Waals surface area contributed by atoms with E-state index in [0.29, 0.717) is 28.8 Å². The zero-order valence-electron chi connectivity index (χ0n) is 19.0. The molecule has 34 heavy (non-hydrogen) atoms. The van der Waals surface area contributed by atoms with E-state index in [-0.39, 0.29) is 24.7 Å².